The van der Waals surface area contributed by atoms with Crippen LogP contribution in [0.15, 0.2) is 85.2 Å². The molecular formula is C24H18Br2N2O3. The Morgan fingerprint density at radius 1 is 1.06 bits per heavy atom. The third-order valence-corrected chi connectivity index (χ3v) is 5.67. The molecule has 0 spiro atoms. The summed E-state index contributed by atoms with van der Waals surface area (Å²) in [5, 5.41) is 4.86. The van der Waals surface area contributed by atoms with Gasteiger partial charge in [-0.05, 0) is 76.4 Å². The zero-order valence-corrected chi connectivity index (χ0v) is 19.7. The first kappa shape index (κ1) is 21.3. The number of hydrazone groups is 1. The molecule has 0 saturated carbocycles. The summed E-state index contributed by atoms with van der Waals surface area (Å²) in [6, 6.07) is 21.1. The standard InChI is InChI=1S/C24H18Br2N2O3/c1-15-2-4-16(5-3-15)14-30-22-8-6-17(10-20(22)26)13-27-28-24(29)23-12-18-11-19(25)7-9-21(18)31-23/h2-13H,14H2,1H3,(H,28,29)/b27-13+. The minimum atomic E-state index is -0.416. The van der Waals surface area contributed by atoms with Crippen LogP contribution in [0.1, 0.15) is 27.2 Å². The van der Waals surface area contributed by atoms with Crippen molar-refractivity contribution in [2.24, 2.45) is 5.10 Å². The number of furan rings is 1. The third-order valence-electron chi connectivity index (χ3n) is 4.55. The van der Waals surface area contributed by atoms with E-state index in [9.17, 15) is 4.79 Å². The number of hydrogen-bond donors (Lipinski definition) is 1. The first-order valence-electron chi connectivity index (χ1n) is 9.48. The maximum absolute atomic E-state index is 12.3. The molecule has 1 heterocycles. The Morgan fingerprint density at radius 2 is 1.87 bits per heavy atom. The van der Waals surface area contributed by atoms with E-state index < -0.39 is 5.91 Å². The summed E-state index contributed by atoms with van der Waals surface area (Å²) in [5.74, 6) is 0.516. The van der Waals surface area contributed by atoms with Crippen LogP contribution < -0.4 is 10.2 Å². The number of aryl methyl sites for hydroxylation is 1. The average Bonchev–Trinajstić information content (AvgIpc) is 3.17. The summed E-state index contributed by atoms with van der Waals surface area (Å²) >= 11 is 6.93. The van der Waals surface area contributed by atoms with E-state index in [2.05, 4.69) is 61.4 Å². The quantitative estimate of drug-likeness (QED) is 0.221. The second-order valence-corrected chi connectivity index (χ2v) is 8.73. The van der Waals surface area contributed by atoms with Gasteiger partial charge in [0.2, 0.25) is 0 Å². The van der Waals surface area contributed by atoms with E-state index in [-0.39, 0.29) is 5.76 Å². The van der Waals surface area contributed by atoms with Crippen molar-refractivity contribution < 1.29 is 13.9 Å². The highest BCUT2D eigenvalue weighted by atomic mass is 79.9. The lowest BCUT2D eigenvalue weighted by molar-refractivity contribution is 0.0929. The number of halogens is 2. The van der Waals surface area contributed by atoms with Crippen LogP contribution in [-0.4, -0.2) is 12.1 Å². The highest BCUT2D eigenvalue weighted by molar-refractivity contribution is 9.10. The van der Waals surface area contributed by atoms with Crippen molar-refractivity contribution in [1.82, 2.24) is 5.43 Å². The molecule has 0 radical (unpaired) electrons. The van der Waals surface area contributed by atoms with Crippen molar-refractivity contribution in [1.29, 1.82) is 0 Å². The summed E-state index contributed by atoms with van der Waals surface area (Å²) in [6.45, 7) is 2.54. The lowest BCUT2D eigenvalue weighted by atomic mass is 10.2. The van der Waals surface area contributed by atoms with Gasteiger partial charge in [-0.1, -0.05) is 45.8 Å². The molecular weight excluding hydrogens is 524 g/mol. The van der Waals surface area contributed by atoms with Crippen molar-refractivity contribution in [3.8, 4) is 5.75 Å². The van der Waals surface area contributed by atoms with E-state index in [0.717, 1.165) is 31.2 Å². The molecule has 1 amide bonds. The predicted molar refractivity (Wildman–Crippen MR) is 129 cm³/mol. The van der Waals surface area contributed by atoms with E-state index >= 15 is 0 Å². The number of nitrogens with one attached hydrogen (secondary N) is 1. The molecule has 5 nitrogen and oxygen atoms in total. The average molecular weight is 542 g/mol. The first-order valence-corrected chi connectivity index (χ1v) is 11.1. The zero-order valence-electron chi connectivity index (χ0n) is 16.6. The molecule has 0 unspecified atom stereocenters. The molecule has 156 valence electrons. The Bertz CT molecular complexity index is 1260. The minimum absolute atomic E-state index is 0.200. The lowest BCUT2D eigenvalue weighted by Crippen LogP contribution is -2.16. The highest BCUT2D eigenvalue weighted by Gasteiger charge is 2.11. The molecule has 1 aromatic heterocycles. The maximum atomic E-state index is 12.3. The first-order chi connectivity index (χ1) is 15.0. The van der Waals surface area contributed by atoms with Crippen LogP contribution in [0.5, 0.6) is 5.75 Å². The minimum Gasteiger partial charge on any atom is -0.488 e. The smallest absolute Gasteiger partial charge is 0.307 e. The number of carbonyl (C=O) groups excluding carboxylic acids is 1. The largest absolute Gasteiger partial charge is 0.488 e. The molecule has 4 aromatic rings. The number of fused-ring (bicyclic) bond motifs is 1. The number of hydrogen-bond acceptors (Lipinski definition) is 4. The summed E-state index contributed by atoms with van der Waals surface area (Å²) in [7, 11) is 0. The van der Waals surface area contributed by atoms with Gasteiger partial charge in [-0.3, -0.25) is 4.79 Å². The molecule has 0 aliphatic heterocycles. The normalized spacial score (nSPS) is 11.2. The Balaban J connectivity index is 1.36. The molecule has 1 N–H and O–H groups in total. The van der Waals surface area contributed by atoms with Crippen LogP contribution in [0.4, 0.5) is 0 Å². The van der Waals surface area contributed by atoms with Crippen LogP contribution in [0, 0.1) is 6.92 Å². The van der Waals surface area contributed by atoms with E-state index in [1.54, 1.807) is 18.3 Å². The molecule has 0 bridgehead atoms. The van der Waals surface area contributed by atoms with Gasteiger partial charge in [0, 0.05) is 9.86 Å². The van der Waals surface area contributed by atoms with Gasteiger partial charge in [0.25, 0.3) is 0 Å². The number of ether oxygens (including phenoxy) is 1. The second kappa shape index (κ2) is 9.49. The SMILES string of the molecule is Cc1ccc(COc2ccc(/C=N/NC(=O)c3cc4cc(Br)ccc4o3)cc2Br)cc1. The van der Waals surface area contributed by atoms with E-state index in [0.29, 0.717) is 12.2 Å². The van der Waals surface area contributed by atoms with E-state index in [4.69, 9.17) is 9.15 Å². The molecule has 4 rings (SSSR count). The molecule has 0 fully saturated rings. The summed E-state index contributed by atoms with van der Waals surface area (Å²) in [6.07, 6.45) is 1.56. The topological polar surface area (TPSA) is 63.8 Å². The highest BCUT2D eigenvalue weighted by Crippen LogP contribution is 2.26. The summed E-state index contributed by atoms with van der Waals surface area (Å²) in [4.78, 5) is 12.3. The molecule has 0 saturated heterocycles. The fraction of sp³-hybridized carbons (Fsp3) is 0.0833. The fourth-order valence-corrected chi connectivity index (χ4v) is 3.80. The van der Waals surface area contributed by atoms with Crippen LogP contribution in [0.3, 0.4) is 0 Å². The summed E-state index contributed by atoms with van der Waals surface area (Å²) in [5.41, 5.74) is 6.25. The van der Waals surface area contributed by atoms with Crippen molar-refractivity contribution >= 4 is 55.0 Å². The van der Waals surface area contributed by atoms with Gasteiger partial charge in [0.05, 0.1) is 10.7 Å². The lowest BCUT2D eigenvalue weighted by Gasteiger charge is -2.09. The maximum Gasteiger partial charge on any atom is 0.307 e. The Kier molecular flexibility index (Phi) is 6.53. The Labute approximate surface area is 196 Å². The molecule has 3 aromatic carbocycles. The van der Waals surface area contributed by atoms with Gasteiger partial charge in [-0.2, -0.15) is 5.10 Å². The zero-order chi connectivity index (χ0) is 21.8. The molecule has 0 atom stereocenters. The van der Waals surface area contributed by atoms with Gasteiger partial charge in [0.15, 0.2) is 5.76 Å². The molecule has 0 aliphatic carbocycles. The number of amides is 1. The summed E-state index contributed by atoms with van der Waals surface area (Å²) < 4.78 is 13.2. The number of carbonyl (C=O) groups is 1. The van der Waals surface area contributed by atoms with Gasteiger partial charge in [-0.25, -0.2) is 5.43 Å². The van der Waals surface area contributed by atoms with Crippen molar-refractivity contribution in [2.45, 2.75) is 13.5 Å². The van der Waals surface area contributed by atoms with Crippen molar-refractivity contribution in [2.75, 3.05) is 0 Å². The number of nitrogens with zero attached hydrogens (tertiary/aromatic N) is 1. The fourth-order valence-electron chi connectivity index (χ4n) is 2.91. The van der Waals surface area contributed by atoms with Gasteiger partial charge in [-0.15, -0.1) is 0 Å². The molecule has 31 heavy (non-hydrogen) atoms. The Morgan fingerprint density at radius 3 is 2.65 bits per heavy atom. The predicted octanol–water partition coefficient (Wildman–Crippen LogP) is 6.61. The van der Waals surface area contributed by atoms with Crippen LogP contribution >= 0.6 is 31.9 Å². The van der Waals surface area contributed by atoms with Crippen molar-refractivity contribution in [3.05, 3.63) is 98.1 Å². The monoisotopic (exact) mass is 540 g/mol. The number of benzene rings is 3. The van der Waals surface area contributed by atoms with Gasteiger partial charge in [0.1, 0.15) is 17.9 Å². The molecule has 0 aliphatic rings. The van der Waals surface area contributed by atoms with Gasteiger partial charge >= 0.3 is 5.91 Å². The van der Waals surface area contributed by atoms with Crippen LogP contribution in [0.2, 0.25) is 0 Å². The molecule has 7 heteroatoms. The van der Waals surface area contributed by atoms with Crippen LogP contribution in [-0.2, 0) is 6.61 Å². The third kappa shape index (κ3) is 5.42. The Hall–Kier alpha value is -2.90. The second-order valence-electron chi connectivity index (χ2n) is 6.96. The van der Waals surface area contributed by atoms with Gasteiger partial charge < -0.3 is 9.15 Å². The van der Waals surface area contributed by atoms with E-state index in [1.165, 1.54) is 5.56 Å². The number of rotatable bonds is 6. The van der Waals surface area contributed by atoms with Crippen LogP contribution in [0.25, 0.3) is 11.0 Å². The van der Waals surface area contributed by atoms with Crippen molar-refractivity contribution in [3.63, 3.8) is 0 Å². The van der Waals surface area contributed by atoms with E-state index in [1.807, 2.05) is 42.5 Å².